The summed E-state index contributed by atoms with van der Waals surface area (Å²) in [6, 6.07) is 52.3. The van der Waals surface area contributed by atoms with Gasteiger partial charge in [0.25, 0.3) is 0 Å². The predicted octanol–water partition coefficient (Wildman–Crippen LogP) is 11.5. The van der Waals surface area contributed by atoms with Gasteiger partial charge in [0.2, 0.25) is 0 Å². The van der Waals surface area contributed by atoms with Gasteiger partial charge in [-0.1, -0.05) is 125 Å². The topological polar surface area (TPSA) is 38.9 Å². The van der Waals surface area contributed by atoms with Crippen LogP contribution in [0.5, 0.6) is 0 Å². The molecule has 8 rings (SSSR count). The third kappa shape index (κ3) is 5.00. The molecule has 0 aliphatic heterocycles. The number of nitrogens with zero attached hydrogens (tertiary/aromatic N) is 2. The molecule has 0 aliphatic rings. The minimum atomic E-state index is 0.660. The summed E-state index contributed by atoms with van der Waals surface area (Å²) in [5.74, 6) is 0.660. The molecule has 0 saturated heterocycles. The summed E-state index contributed by atoms with van der Waals surface area (Å²) in [6.07, 6.45) is 0. The van der Waals surface area contributed by atoms with E-state index in [4.69, 9.17) is 14.4 Å². The van der Waals surface area contributed by atoms with Crippen LogP contribution in [0.3, 0.4) is 0 Å². The molecule has 208 valence electrons. The summed E-state index contributed by atoms with van der Waals surface area (Å²) in [6.45, 7) is 0. The summed E-state index contributed by atoms with van der Waals surface area (Å²) in [5, 5.41) is 2.19. The van der Waals surface area contributed by atoms with Gasteiger partial charge in [0.1, 0.15) is 11.2 Å². The Hall–Kier alpha value is -5.32. The fourth-order valence-electron chi connectivity index (χ4n) is 5.73. The van der Waals surface area contributed by atoms with Crippen molar-refractivity contribution in [1.82, 2.24) is 9.97 Å². The maximum absolute atomic E-state index is 6.19. The lowest BCUT2D eigenvalue weighted by atomic mass is 9.98. The molecule has 0 saturated carbocycles. The molecular formula is C40H25BrN2O. The van der Waals surface area contributed by atoms with E-state index >= 15 is 0 Å². The van der Waals surface area contributed by atoms with Gasteiger partial charge in [-0.25, -0.2) is 9.97 Å². The number of para-hydroxylation sites is 1. The van der Waals surface area contributed by atoms with Crippen LogP contribution in [0, 0.1) is 0 Å². The smallest absolute Gasteiger partial charge is 0.160 e. The Bertz CT molecular complexity index is 2290. The van der Waals surface area contributed by atoms with Crippen molar-refractivity contribution in [3.05, 3.63) is 156 Å². The predicted molar refractivity (Wildman–Crippen MR) is 184 cm³/mol. The van der Waals surface area contributed by atoms with Crippen LogP contribution in [0.1, 0.15) is 0 Å². The van der Waals surface area contributed by atoms with E-state index in [1.165, 1.54) is 11.1 Å². The van der Waals surface area contributed by atoms with Gasteiger partial charge < -0.3 is 4.42 Å². The van der Waals surface area contributed by atoms with Crippen molar-refractivity contribution in [2.24, 2.45) is 0 Å². The molecule has 0 spiro atoms. The third-order valence-corrected chi connectivity index (χ3v) is 8.46. The van der Waals surface area contributed by atoms with Crippen molar-refractivity contribution in [3.8, 4) is 56.2 Å². The fraction of sp³-hybridized carbons (Fsp3) is 0. The summed E-state index contributed by atoms with van der Waals surface area (Å²) >= 11 is 3.58. The van der Waals surface area contributed by atoms with Crippen LogP contribution in [0.2, 0.25) is 0 Å². The molecule has 0 bridgehead atoms. The first-order valence-electron chi connectivity index (χ1n) is 14.5. The van der Waals surface area contributed by atoms with E-state index in [0.717, 1.165) is 65.6 Å². The largest absolute Gasteiger partial charge is 0.456 e. The highest BCUT2D eigenvalue weighted by Gasteiger charge is 2.14. The SMILES string of the molecule is Brc1cccc(-c2ccc(-c3cccc(-c4cc(-c5ccccc5)nc(-c5ccc6c(c5)oc5ccccc56)n4)c3)cc2)c1. The van der Waals surface area contributed by atoms with Crippen LogP contribution in [0.25, 0.3) is 78.1 Å². The van der Waals surface area contributed by atoms with Crippen molar-refractivity contribution >= 4 is 37.9 Å². The van der Waals surface area contributed by atoms with Crippen LogP contribution >= 0.6 is 15.9 Å². The second kappa shape index (κ2) is 11.1. The van der Waals surface area contributed by atoms with Gasteiger partial charge in [-0.15, -0.1) is 0 Å². The number of fused-ring (bicyclic) bond motifs is 3. The zero-order valence-corrected chi connectivity index (χ0v) is 25.2. The molecule has 8 aromatic rings. The first-order chi connectivity index (χ1) is 21.7. The first kappa shape index (κ1) is 26.3. The molecule has 0 aliphatic carbocycles. The van der Waals surface area contributed by atoms with Gasteiger partial charge in [-0.2, -0.15) is 0 Å². The molecule has 6 aromatic carbocycles. The van der Waals surface area contributed by atoms with Crippen molar-refractivity contribution in [3.63, 3.8) is 0 Å². The maximum atomic E-state index is 6.19. The van der Waals surface area contributed by atoms with Gasteiger partial charge >= 0.3 is 0 Å². The summed E-state index contributed by atoms with van der Waals surface area (Å²) < 4.78 is 7.27. The summed E-state index contributed by atoms with van der Waals surface area (Å²) in [7, 11) is 0. The molecule has 0 atom stereocenters. The molecular weight excluding hydrogens is 604 g/mol. The Morgan fingerprint density at radius 1 is 0.386 bits per heavy atom. The van der Waals surface area contributed by atoms with E-state index in [2.05, 4.69) is 119 Å². The second-order valence-corrected chi connectivity index (χ2v) is 11.7. The minimum Gasteiger partial charge on any atom is -0.456 e. The maximum Gasteiger partial charge on any atom is 0.160 e. The second-order valence-electron chi connectivity index (χ2n) is 10.8. The zero-order chi connectivity index (χ0) is 29.5. The molecule has 0 amide bonds. The fourth-order valence-corrected chi connectivity index (χ4v) is 6.13. The molecule has 3 nitrogen and oxygen atoms in total. The van der Waals surface area contributed by atoms with Crippen LogP contribution in [-0.2, 0) is 0 Å². The van der Waals surface area contributed by atoms with Crippen LogP contribution in [0.4, 0.5) is 0 Å². The van der Waals surface area contributed by atoms with Crippen LogP contribution < -0.4 is 0 Å². The highest BCUT2D eigenvalue weighted by Crippen LogP contribution is 2.34. The lowest BCUT2D eigenvalue weighted by Gasteiger charge is -2.11. The lowest BCUT2D eigenvalue weighted by Crippen LogP contribution is -1.96. The number of hydrogen-bond donors (Lipinski definition) is 0. The van der Waals surface area contributed by atoms with Crippen molar-refractivity contribution in [2.75, 3.05) is 0 Å². The molecule has 2 aromatic heterocycles. The monoisotopic (exact) mass is 628 g/mol. The minimum absolute atomic E-state index is 0.660. The number of furan rings is 1. The van der Waals surface area contributed by atoms with E-state index in [1.54, 1.807) is 0 Å². The Morgan fingerprint density at radius 2 is 0.977 bits per heavy atom. The number of benzene rings is 6. The molecule has 44 heavy (non-hydrogen) atoms. The molecule has 0 radical (unpaired) electrons. The Kier molecular flexibility index (Phi) is 6.62. The molecule has 0 N–H and O–H groups in total. The standard InChI is InChI=1S/C40H25BrN2O/c41-33-13-7-11-30(23-33)27-18-16-26(17-19-27)29-10-6-12-31(22-29)37-25-36(28-8-2-1-3-9-28)42-40(43-37)32-20-21-35-34-14-4-5-15-38(34)44-39(35)24-32/h1-25H. The molecule has 0 unspecified atom stereocenters. The normalized spacial score (nSPS) is 11.3. The van der Waals surface area contributed by atoms with Gasteiger partial charge in [-0.3, -0.25) is 0 Å². The van der Waals surface area contributed by atoms with E-state index in [0.29, 0.717) is 5.82 Å². The van der Waals surface area contributed by atoms with Crippen LogP contribution in [0.15, 0.2) is 161 Å². The van der Waals surface area contributed by atoms with E-state index in [-0.39, 0.29) is 0 Å². The number of hydrogen-bond acceptors (Lipinski definition) is 3. The van der Waals surface area contributed by atoms with Gasteiger partial charge in [-0.05, 0) is 64.7 Å². The van der Waals surface area contributed by atoms with Gasteiger partial charge in [0.15, 0.2) is 5.82 Å². The quantitative estimate of drug-likeness (QED) is 0.190. The lowest BCUT2D eigenvalue weighted by molar-refractivity contribution is 0.669. The number of halogens is 1. The highest BCUT2D eigenvalue weighted by atomic mass is 79.9. The average molecular weight is 630 g/mol. The number of rotatable bonds is 5. The third-order valence-electron chi connectivity index (χ3n) is 7.97. The highest BCUT2D eigenvalue weighted by molar-refractivity contribution is 9.10. The van der Waals surface area contributed by atoms with Crippen molar-refractivity contribution < 1.29 is 4.42 Å². The Balaban J connectivity index is 1.21. The van der Waals surface area contributed by atoms with Gasteiger partial charge in [0.05, 0.1) is 11.4 Å². The molecule has 4 heteroatoms. The van der Waals surface area contributed by atoms with Gasteiger partial charge in [0, 0.05) is 31.9 Å². The van der Waals surface area contributed by atoms with E-state index in [9.17, 15) is 0 Å². The first-order valence-corrected chi connectivity index (χ1v) is 15.3. The molecule has 0 fully saturated rings. The Labute approximate surface area is 263 Å². The van der Waals surface area contributed by atoms with E-state index in [1.807, 2.05) is 48.5 Å². The summed E-state index contributed by atoms with van der Waals surface area (Å²) in [5.41, 5.74) is 11.1. The molecule has 2 heterocycles. The van der Waals surface area contributed by atoms with Crippen molar-refractivity contribution in [2.45, 2.75) is 0 Å². The van der Waals surface area contributed by atoms with E-state index < -0.39 is 0 Å². The Morgan fingerprint density at radius 3 is 1.75 bits per heavy atom. The summed E-state index contributed by atoms with van der Waals surface area (Å²) in [4.78, 5) is 10.1. The zero-order valence-electron chi connectivity index (χ0n) is 23.6. The van der Waals surface area contributed by atoms with Crippen LogP contribution in [-0.4, -0.2) is 9.97 Å². The average Bonchev–Trinajstić information content (AvgIpc) is 3.47. The number of aromatic nitrogens is 2. The van der Waals surface area contributed by atoms with Crippen molar-refractivity contribution in [1.29, 1.82) is 0 Å².